The highest BCUT2D eigenvalue weighted by Crippen LogP contribution is 2.10. The van der Waals surface area contributed by atoms with Crippen molar-refractivity contribution in [2.24, 2.45) is 0 Å². The number of unbranched alkanes of at least 4 members (excludes halogenated alkanes) is 9. The molecule has 19 heavy (non-hydrogen) atoms. The summed E-state index contributed by atoms with van der Waals surface area (Å²) in [6, 6.07) is 0. The summed E-state index contributed by atoms with van der Waals surface area (Å²) in [5.74, 6) is -0.833. The Bertz CT molecular complexity index is 196. The molecule has 0 heterocycles. The zero-order valence-corrected chi connectivity index (χ0v) is 12.7. The molecular formula is C16H32O3. The predicted octanol–water partition coefficient (Wildman–Crippen LogP) is 4.55. The molecule has 0 aliphatic heterocycles. The Morgan fingerprint density at radius 2 is 1.32 bits per heavy atom. The van der Waals surface area contributed by atoms with Gasteiger partial charge < -0.3 is 10.2 Å². The van der Waals surface area contributed by atoms with E-state index >= 15 is 0 Å². The van der Waals surface area contributed by atoms with E-state index in [1.807, 2.05) is 6.08 Å². The summed E-state index contributed by atoms with van der Waals surface area (Å²) in [5.41, 5.74) is 0. The molecule has 0 saturated carbocycles. The highest BCUT2D eigenvalue weighted by Gasteiger charge is 1.90. The SMILES string of the molecule is CC(=O)O.CCCCCCCCCCCC=CCO. The van der Waals surface area contributed by atoms with Crippen LogP contribution >= 0.6 is 0 Å². The van der Waals surface area contributed by atoms with E-state index in [2.05, 4.69) is 13.0 Å². The highest BCUT2D eigenvalue weighted by atomic mass is 16.4. The second-order valence-corrected chi connectivity index (χ2v) is 4.79. The maximum absolute atomic E-state index is 9.00. The standard InChI is InChI=1S/C14H28O.C2H4O2/c1-2-3-4-5-6-7-8-9-10-11-12-13-14-15;1-2(3)4/h12-13,15H,2-11,14H2,1H3;1H3,(H,3,4). The van der Waals surface area contributed by atoms with Crippen LogP contribution in [-0.2, 0) is 4.79 Å². The Morgan fingerprint density at radius 1 is 0.895 bits per heavy atom. The molecule has 0 spiro atoms. The summed E-state index contributed by atoms with van der Waals surface area (Å²) in [4.78, 5) is 9.00. The predicted molar refractivity (Wildman–Crippen MR) is 81.4 cm³/mol. The van der Waals surface area contributed by atoms with Crippen LogP contribution in [-0.4, -0.2) is 22.8 Å². The first-order chi connectivity index (χ1) is 9.15. The van der Waals surface area contributed by atoms with Crippen LogP contribution in [0.5, 0.6) is 0 Å². The molecule has 0 radical (unpaired) electrons. The largest absolute Gasteiger partial charge is 0.481 e. The lowest BCUT2D eigenvalue weighted by atomic mass is 10.1. The third kappa shape index (κ3) is 31.7. The van der Waals surface area contributed by atoms with Gasteiger partial charge in [0.25, 0.3) is 5.97 Å². The molecular weight excluding hydrogens is 240 g/mol. The molecule has 3 nitrogen and oxygen atoms in total. The van der Waals surface area contributed by atoms with Crippen LogP contribution in [0, 0.1) is 0 Å². The van der Waals surface area contributed by atoms with Gasteiger partial charge in [-0.15, -0.1) is 0 Å². The quantitative estimate of drug-likeness (QED) is 0.428. The second-order valence-electron chi connectivity index (χ2n) is 4.79. The third-order valence-electron chi connectivity index (χ3n) is 2.75. The van der Waals surface area contributed by atoms with E-state index in [4.69, 9.17) is 15.0 Å². The number of aliphatic carboxylic acids is 1. The van der Waals surface area contributed by atoms with Gasteiger partial charge in [0, 0.05) is 6.92 Å². The first kappa shape index (κ1) is 20.5. The number of rotatable bonds is 11. The van der Waals surface area contributed by atoms with Crippen LogP contribution in [0.2, 0.25) is 0 Å². The van der Waals surface area contributed by atoms with Crippen molar-refractivity contribution in [1.82, 2.24) is 0 Å². The van der Waals surface area contributed by atoms with E-state index in [9.17, 15) is 0 Å². The molecule has 114 valence electrons. The topological polar surface area (TPSA) is 57.5 Å². The van der Waals surface area contributed by atoms with Crippen molar-refractivity contribution in [2.45, 2.75) is 78.1 Å². The van der Waals surface area contributed by atoms with Gasteiger partial charge in [-0.05, 0) is 12.8 Å². The highest BCUT2D eigenvalue weighted by molar-refractivity contribution is 5.62. The Morgan fingerprint density at radius 3 is 1.74 bits per heavy atom. The number of carboxylic acids is 1. The summed E-state index contributed by atoms with van der Waals surface area (Å²) in [5, 5.41) is 15.9. The Hall–Kier alpha value is -0.830. The van der Waals surface area contributed by atoms with E-state index in [1.54, 1.807) is 0 Å². The van der Waals surface area contributed by atoms with Crippen molar-refractivity contribution in [2.75, 3.05) is 6.61 Å². The van der Waals surface area contributed by atoms with E-state index in [1.165, 1.54) is 57.8 Å². The van der Waals surface area contributed by atoms with E-state index in [-0.39, 0.29) is 6.61 Å². The molecule has 0 aliphatic rings. The van der Waals surface area contributed by atoms with Gasteiger partial charge in [0.2, 0.25) is 0 Å². The Balaban J connectivity index is 0. The summed E-state index contributed by atoms with van der Waals surface area (Å²) in [6.45, 7) is 3.54. The van der Waals surface area contributed by atoms with Crippen molar-refractivity contribution in [1.29, 1.82) is 0 Å². The fraction of sp³-hybridized carbons (Fsp3) is 0.812. The molecule has 0 aromatic heterocycles. The molecule has 0 fully saturated rings. The number of allylic oxidation sites excluding steroid dienone is 1. The first-order valence-electron chi connectivity index (χ1n) is 7.60. The average molecular weight is 272 g/mol. The fourth-order valence-electron chi connectivity index (χ4n) is 1.77. The number of hydrogen-bond donors (Lipinski definition) is 2. The molecule has 3 heteroatoms. The van der Waals surface area contributed by atoms with Crippen LogP contribution in [0.3, 0.4) is 0 Å². The van der Waals surface area contributed by atoms with Gasteiger partial charge in [0.05, 0.1) is 6.61 Å². The van der Waals surface area contributed by atoms with Crippen LogP contribution in [0.1, 0.15) is 78.1 Å². The molecule has 0 aromatic rings. The van der Waals surface area contributed by atoms with Crippen molar-refractivity contribution in [3.8, 4) is 0 Å². The van der Waals surface area contributed by atoms with Crippen LogP contribution in [0.4, 0.5) is 0 Å². The smallest absolute Gasteiger partial charge is 0.300 e. The molecule has 0 amide bonds. The number of hydrogen-bond acceptors (Lipinski definition) is 2. The molecule has 0 unspecified atom stereocenters. The van der Waals surface area contributed by atoms with Crippen molar-refractivity contribution in [3.63, 3.8) is 0 Å². The minimum atomic E-state index is -0.833. The summed E-state index contributed by atoms with van der Waals surface area (Å²) < 4.78 is 0. The molecule has 0 bridgehead atoms. The van der Waals surface area contributed by atoms with Crippen molar-refractivity contribution >= 4 is 5.97 Å². The van der Waals surface area contributed by atoms with Gasteiger partial charge in [-0.1, -0.05) is 70.4 Å². The first-order valence-corrected chi connectivity index (χ1v) is 7.60. The molecule has 0 atom stereocenters. The van der Waals surface area contributed by atoms with Gasteiger partial charge in [0.15, 0.2) is 0 Å². The minimum Gasteiger partial charge on any atom is -0.481 e. The summed E-state index contributed by atoms with van der Waals surface area (Å²) in [7, 11) is 0. The van der Waals surface area contributed by atoms with E-state index in [0.717, 1.165) is 13.3 Å². The van der Waals surface area contributed by atoms with E-state index < -0.39 is 5.97 Å². The van der Waals surface area contributed by atoms with Gasteiger partial charge in [-0.2, -0.15) is 0 Å². The maximum Gasteiger partial charge on any atom is 0.300 e. The van der Waals surface area contributed by atoms with Gasteiger partial charge >= 0.3 is 0 Å². The second kappa shape index (κ2) is 19.5. The van der Waals surface area contributed by atoms with Gasteiger partial charge in [0.1, 0.15) is 0 Å². The summed E-state index contributed by atoms with van der Waals surface area (Å²) in [6.07, 6.45) is 17.5. The zero-order valence-electron chi connectivity index (χ0n) is 12.7. The van der Waals surface area contributed by atoms with Crippen molar-refractivity contribution in [3.05, 3.63) is 12.2 Å². The lowest BCUT2D eigenvalue weighted by molar-refractivity contribution is -0.134. The molecule has 0 aromatic carbocycles. The molecule has 0 aliphatic carbocycles. The maximum atomic E-state index is 9.00. The molecule has 0 rings (SSSR count). The minimum absolute atomic E-state index is 0.192. The van der Waals surface area contributed by atoms with Crippen LogP contribution < -0.4 is 0 Å². The van der Waals surface area contributed by atoms with E-state index in [0.29, 0.717) is 0 Å². The monoisotopic (exact) mass is 272 g/mol. The lowest BCUT2D eigenvalue weighted by Gasteiger charge is -2.00. The number of carboxylic acid groups (broad SMARTS) is 1. The van der Waals surface area contributed by atoms with Crippen molar-refractivity contribution < 1.29 is 15.0 Å². The molecule has 0 saturated heterocycles. The summed E-state index contributed by atoms with van der Waals surface area (Å²) >= 11 is 0. The van der Waals surface area contributed by atoms with Gasteiger partial charge in [-0.3, -0.25) is 4.79 Å². The third-order valence-corrected chi connectivity index (χ3v) is 2.75. The Labute approximate surface area is 118 Å². The number of aliphatic hydroxyl groups is 1. The molecule has 2 N–H and O–H groups in total. The average Bonchev–Trinajstić information content (AvgIpc) is 2.35. The normalized spacial score (nSPS) is 10.3. The number of carbonyl (C=O) groups is 1. The van der Waals surface area contributed by atoms with Gasteiger partial charge in [-0.25, -0.2) is 0 Å². The van der Waals surface area contributed by atoms with Crippen LogP contribution in [0.25, 0.3) is 0 Å². The zero-order chi connectivity index (χ0) is 14.8. The fourth-order valence-corrected chi connectivity index (χ4v) is 1.77. The number of aliphatic hydroxyl groups excluding tert-OH is 1. The Kier molecular flexibility index (Phi) is 21.0. The van der Waals surface area contributed by atoms with Crippen LogP contribution in [0.15, 0.2) is 12.2 Å². The lowest BCUT2D eigenvalue weighted by Crippen LogP contribution is -1.81.